The van der Waals surface area contributed by atoms with Crippen LogP contribution in [0.15, 0.2) is 24.3 Å². The van der Waals surface area contributed by atoms with Crippen LogP contribution in [0.5, 0.6) is 0 Å². The van der Waals surface area contributed by atoms with Gasteiger partial charge in [0, 0.05) is 24.5 Å². The first-order chi connectivity index (χ1) is 6.83. The van der Waals surface area contributed by atoms with Crippen molar-refractivity contribution in [3.8, 4) is 0 Å². The van der Waals surface area contributed by atoms with Crippen molar-refractivity contribution in [3.63, 3.8) is 0 Å². The molecule has 0 unspecified atom stereocenters. The predicted molar refractivity (Wildman–Crippen MR) is 62.5 cm³/mol. The second kappa shape index (κ2) is 6.27. The third-order valence-electron chi connectivity index (χ3n) is 1.97. The Bertz CT molecular complexity index is 243. The number of nitrogens with one attached hydrogen (secondary N) is 2. The van der Waals surface area contributed by atoms with E-state index in [4.69, 9.17) is 5.73 Å². The van der Waals surface area contributed by atoms with E-state index in [0.29, 0.717) is 0 Å². The summed E-state index contributed by atoms with van der Waals surface area (Å²) < 4.78 is 0. The van der Waals surface area contributed by atoms with Crippen LogP contribution < -0.4 is 16.4 Å². The molecule has 78 valence electrons. The van der Waals surface area contributed by atoms with Gasteiger partial charge in [0.2, 0.25) is 0 Å². The maximum Gasteiger partial charge on any atom is 0.0342 e. The third-order valence-corrected chi connectivity index (χ3v) is 1.97. The minimum atomic E-state index is 0.805. The second-order valence-corrected chi connectivity index (χ2v) is 3.30. The van der Waals surface area contributed by atoms with Gasteiger partial charge in [-0.15, -0.1) is 0 Å². The monoisotopic (exact) mass is 193 g/mol. The summed E-state index contributed by atoms with van der Waals surface area (Å²) in [4.78, 5) is 0. The highest BCUT2D eigenvalue weighted by molar-refractivity contribution is 5.51. The van der Waals surface area contributed by atoms with Crippen molar-refractivity contribution in [1.29, 1.82) is 0 Å². The Kier molecular flexibility index (Phi) is 4.86. The van der Waals surface area contributed by atoms with Crippen molar-refractivity contribution in [2.24, 2.45) is 0 Å². The lowest BCUT2D eigenvalue weighted by atomic mass is 10.3. The molecule has 0 aliphatic carbocycles. The van der Waals surface area contributed by atoms with E-state index in [-0.39, 0.29) is 0 Å². The topological polar surface area (TPSA) is 50.1 Å². The van der Waals surface area contributed by atoms with E-state index in [1.807, 2.05) is 24.3 Å². The summed E-state index contributed by atoms with van der Waals surface area (Å²) in [6.07, 6.45) is 1.18. The highest BCUT2D eigenvalue weighted by Crippen LogP contribution is 2.09. The van der Waals surface area contributed by atoms with Crippen molar-refractivity contribution in [2.75, 3.05) is 30.7 Å². The van der Waals surface area contributed by atoms with Crippen LogP contribution in [0.25, 0.3) is 0 Å². The summed E-state index contributed by atoms with van der Waals surface area (Å²) in [5.74, 6) is 0. The third kappa shape index (κ3) is 4.14. The molecule has 0 bridgehead atoms. The summed E-state index contributed by atoms with van der Waals surface area (Å²) in [7, 11) is 0. The lowest BCUT2D eigenvalue weighted by molar-refractivity contribution is 0.688. The Hall–Kier alpha value is -1.22. The van der Waals surface area contributed by atoms with E-state index in [1.54, 1.807) is 0 Å². The summed E-state index contributed by atoms with van der Waals surface area (Å²) in [6.45, 7) is 5.20. The van der Waals surface area contributed by atoms with Gasteiger partial charge in [0.05, 0.1) is 0 Å². The molecule has 0 atom stereocenters. The zero-order valence-corrected chi connectivity index (χ0v) is 8.72. The van der Waals surface area contributed by atoms with Gasteiger partial charge in [-0.3, -0.25) is 0 Å². The fraction of sp³-hybridized carbons (Fsp3) is 0.455. The van der Waals surface area contributed by atoms with E-state index in [0.717, 1.165) is 31.0 Å². The molecule has 1 aromatic rings. The first-order valence-electron chi connectivity index (χ1n) is 5.13. The number of nitrogens with two attached hydrogens (primary N) is 1. The number of hydrogen-bond donors (Lipinski definition) is 3. The van der Waals surface area contributed by atoms with Gasteiger partial charge >= 0.3 is 0 Å². The first-order valence-corrected chi connectivity index (χ1v) is 5.13. The Balaban J connectivity index is 2.15. The molecule has 0 spiro atoms. The zero-order valence-electron chi connectivity index (χ0n) is 8.72. The molecular weight excluding hydrogens is 174 g/mol. The molecule has 14 heavy (non-hydrogen) atoms. The lowest BCUT2D eigenvalue weighted by Gasteiger charge is -2.07. The summed E-state index contributed by atoms with van der Waals surface area (Å²) in [6, 6.07) is 7.80. The molecular formula is C11H19N3. The maximum absolute atomic E-state index is 5.58. The molecule has 3 nitrogen and oxygen atoms in total. The first kappa shape index (κ1) is 10.9. The molecule has 0 heterocycles. The normalized spacial score (nSPS) is 10.1. The van der Waals surface area contributed by atoms with Crippen LogP contribution in [0.2, 0.25) is 0 Å². The molecule has 0 fully saturated rings. The minimum absolute atomic E-state index is 0.805. The van der Waals surface area contributed by atoms with Gasteiger partial charge in [0.25, 0.3) is 0 Å². The van der Waals surface area contributed by atoms with Crippen LogP contribution in [-0.4, -0.2) is 19.6 Å². The van der Waals surface area contributed by atoms with E-state index in [9.17, 15) is 0 Å². The SMILES string of the molecule is CCCNCCNc1ccc(N)cc1. The van der Waals surface area contributed by atoms with Crippen LogP contribution in [0.1, 0.15) is 13.3 Å². The molecule has 0 aliphatic rings. The van der Waals surface area contributed by atoms with Crippen LogP contribution in [0.3, 0.4) is 0 Å². The average Bonchev–Trinajstić information content (AvgIpc) is 2.21. The van der Waals surface area contributed by atoms with Gasteiger partial charge in [-0.2, -0.15) is 0 Å². The van der Waals surface area contributed by atoms with Crippen LogP contribution >= 0.6 is 0 Å². The minimum Gasteiger partial charge on any atom is -0.399 e. The fourth-order valence-corrected chi connectivity index (χ4v) is 1.20. The Morgan fingerprint density at radius 2 is 1.79 bits per heavy atom. The van der Waals surface area contributed by atoms with Crippen molar-refractivity contribution >= 4 is 11.4 Å². The Labute approximate surface area is 85.7 Å². The molecule has 0 saturated carbocycles. The molecule has 3 heteroatoms. The number of anilines is 2. The van der Waals surface area contributed by atoms with Crippen molar-refractivity contribution in [3.05, 3.63) is 24.3 Å². The summed E-state index contributed by atoms with van der Waals surface area (Å²) in [5, 5.41) is 6.64. The number of benzene rings is 1. The van der Waals surface area contributed by atoms with E-state index < -0.39 is 0 Å². The van der Waals surface area contributed by atoms with Gasteiger partial charge in [0.1, 0.15) is 0 Å². The van der Waals surface area contributed by atoms with E-state index in [1.165, 1.54) is 6.42 Å². The van der Waals surface area contributed by atoms with Crippen LogP contribution in [0.4, 0.5) is 11.4 Å². The summed E-state index contributed by atoms with van der Waals surface area (Å²) >= 11 is 0. The van der Waals surface area contributed by atoms with Gasteiger partial charge in [-0.05, 0) is 37.2 Å². The van der Waals surface area contributed by atoms with E-state index in [2.05, 4.69) is 17.6 Å². The van der Waals surface area contributed by atoms with Gasteiger partial charge in [-0.1, -0.05) is 6.92 Å². The molecule has 0 radical (unpaired) electrons. The molecule has 0 saturated heterocycles. The molecule has 0 amide bonds. The Morgan fingerprint density at radius 1 is 1.07 bits per heavy atom. The average molecular weight is 193 g/mol. The number of rotatable bonds is 6. The fourth-order valence-electron chi connectivity index (χ4n) is 1.20. The van der Waals surface area contributed by atoms with E-state index >= 15 is 0 Å². The highest BCUT2D eigenvalue weighted by Gasteiger charge is 1.90. The molecule has 0 aromatic heterocycles. The van der Waals surface area contributed by atoms with Gasteiger partial charge in [0.15, 0.2) is 0 Å². The summed E-state index contributed by atoms with van der Waals surface area (Å²) in [5.41, 5.74) is 7.51. The largest absolute Gasteiger partial charge is 0.399 e. The van der Waals surface area contributed by atoms with Crippen molar-refractivity contribution < 1.29 is 0 Å². The molecule has 1 aromatic carbocycles. The van der Waals surface area contributed by atoms with Gasteiger partial charge in [-0.25, -0.2) is 0 Å². The standard InChI is InChI=1S/C11H19N3/c1-2-7-13-8-9-14-11-5-3-10(12)4-6-11/h3-6,13-14H,2,7-9,12H2,1H3. The molecule has 0 aliphatic heterocycles. The van der Waals surface area contributed by atoms with Crippen molar-refractivity contribution in [1.82, 2.24) is 5.32 Å². The number of nitrogen functional groups attached to an aromatic ring is 1. The Morgan fingerprint density at radius 3 is 2.43 bits per heavy atom. The van der Waals surface area contributed by atoms with Crippen LogP contribution in [0, 0.1) is 0 Å². The second-order valence-electron chi connectivity index (χ2n) is 3.30. The molecule has 1 rings (SSSR count). The molecule has 4 N–H and O–H groups in total. The van der Waals surface area contributed by atoms with Crippen molar-refractivity contribution in [2.45, 2.75) is 13.3 Å². The van der Waals surface area contributed by atoms with Gasteiger partial charge < -0.3 is 16.4 Å². The quantitative estimate of drug-likeness (QED) is 0.476. The zero-order chi connectivity index (χ0) is 10.2. The predicted octanol–water partition coefficient (Wildman–Crippen LogP) is 1.68. The lowest BCUT2D eigenvalue weighted by Crippen LogP contribution is -2.22. The van der Waals surface area contributed by atoms with Crippen LogP contribution in [-0.2, 0) is 0 Å². The smallest absolute Gasteiger partial charge is 0.0342 e. The number of hydrogen-bond acceptors (Lipinski definition) is 3. The maximum atomic E-state index is 5.58. The highest BCUT2D eigenvalue weighted by atomic mass is 14.9.